The lowest BCUT2D eigenvalue weighted by molar-refractivity contribution is 0.127. The van der Waals surface area contributed by atoms with Crippen LogP contribution in [0.5, 0.6) is 0 Å². The van der Waals surface area contributed by atoms with E-state index >= 15 is 0 Å². The third-order valence-corrected chi connectivity index (χ3v) is 4.95. The van der Waals surface area contributed by atoms with Crippen LogP contribution < -0.4 is 5.32 Å². The highest BCUT2D eigenvalue weighted by Gasteiger charge is 2.27. The van der Waals surface area contributed by atoms with Crippen molar-refractivity contribution in [2.45, 2.75) is 45.7 Å². The van der Waals surface area contributed by atoms with Gasteiger partial charge in [-0.15, -0.1) is 0 Å². The second kappa shape index (κ2) is 7.57. The van der Waals surface area contributed by atoms with E-state index in [1.807, 2.05) is 0 Å². The zero-order valence-electron chi connectivity index (χ0n) is 12.7. The van der Waals surface area contributed by atoms with Gasteiger partial charge in [0, 0.05) is 44.8 Å². The van der Waals surface area contributed by atoms with Crippen molar-refractivity contribution in [3.05, 3.63) is 0 Å². The van der Waals surface area contributed by atoms with E-state index in [1.54, 1.807) is 4.31 Å². The molecule has 0 amide bonds. The first-order valence-corrected chi connectivity index (χ1v) is 9.12. The third-order valence-electron chi connectivity index (χ3n) is 3.64. The Hall–Kier alpha value is -0.170. The average Bonchev–Trinajstić information content (AvgIpc) is 2.33. The highest BCUT2D eigenvalue weighted by molar-refractivity contribution is 7.88. The van der Waals surface area contributed by atoms with Gasteiger partial charge in [0.25, 0.3) is 0 Å². The number of sulfonamides is 1. The fourth-order valence-electron chi connectivity index (χ4n) is 2.52. The summed E-state index contributed by atoms with van der Waals surface area (Å²) in [5.74, 6) is 0. The van der Waals surface area contributed by atoms with Crippen LogP contribution in [0.15, 0.2) is 0 Å². The molecule has 1 atom stereocenters. The first-order chi connectivity index (χ1) is 8.84. The predicted octanol–water partition coefficient (Wildman–Crippen LogP) is 0.730. The molecule has 1 saturated heterocycles. The molecule has 1 unspecified atom stereocenters. The molecule has 0 bridgehead atoms. The number of hydrogen-bond donors (Lipinski definition) is 1. The van der Waals surface area contributed by atoms with E-state index in [4.69, 9.17) is 0 Å². The van der Waals surface area contributed by atoms with Crippen molar-refractivity contribution in [1.29, 1.82) is 0 Å². The summed E-state index contributed by atoms with van der Waals surface area (Å²) in [7, 11) is -3.02. The van der Waals surface area contributed by atoms with E-state index in [9.17, 15) is 8.42 Å². The number of hydrogen-bond acceptors (Lipinski definition) is 4. The zero-order valence-corrected chi connectivity index (χ0v) is 13.5. The highest BCUT2D eigenvalue weighted by Crippen LogP contribution is 2.12. The van der Waals surface area contributed by atoms with Crippen LogP contribution in [0.2, 0.25) is 0 Å². The van der Waals surface area contributed by atoms with Crippen LogP contribution in [0.3, 0.4) is 0 Å². The van der Waals surface area contributed by atoms with E-state index in [0.29, 0.717) is 25.2 Å². The molecule has 0 aliphatic carbocycles. The SMILES string of the molecule is CCCC(CNC(C)C)N1CCN(S(C)(=O)=O)CC1. The maximum Gasteiger partial charge on any atom is 0.211 e. The van der Waals surface area contributed by atoms with Gasteiger partial charge < -0.3 is 5.32 Å². The van der Waals surface area contributed by atoms with Crippen LogP contribution in [-0.2, 0) is 10.0 Å². The minimum absolute atomic E-state index is 0.497. The molecule has 1 aliphatic heterocycles. The lowest BCUT2D eigenvalue weighted by Gasteiger charge is -2.38. The van der Waals surface area contributed by atoms with Crippen molar-refractivity contribution in [2.24, 2.45) is 0 Å². The van der Waals surface area contributed by atoms with Gasteiger partial charge in [-0.3, -0.25) is 4.90 Å². The standard InChI is InChI=1S/C13H29N3O2S/c1-5-6-13(11-14-12(2)3)15-7-9-16(10-8-15)19(4,17)18/h12-14H,5-11H2,1-4H3. The lowest BCUT2D eigenvalue weighted by Crippen LogP contribution is -2.54. The van der Waals surface area contributed by atoms with Gasteiger partial charge in [0.1, 0.15) is 0 Å². The highest BCUT2D eigenvalue weighted by atomic mass is 32.2. The predicted molar refractivity (Wildman–Crippen MR) is 79.8 cm³/mol. The van der Waals surface area contributed by atoms with E-state index in [0.717, 1.165) is 26.1 Å². The largest absolute Gasteiger partial charge is 0.313 e. The number of rotatable bonds is 7. The summed E-state index contributed by atoms with van der Waals surface area (Å²) in [5, 5.41) is 3.50. The molecule has 6 heteroatoms. The molecule has 1 N–H and O–H groups in total. The summed E-state index contributed by atoms with van der Waals surface area (Å²) >= 11 is 0. The Labute approximate surface area is 118 Å². The Balaban J connectivity index is 2.49. The molecular formula is C13H29N3O2S. The molecule has 0 aromatic heterocycles. The molecule has 1 aliphatic rings. The van der Waals surface area contributed by atoms with Crippen molar-refractivity contribution in [1.82, 2.24) is 14.5 Å². The van der Waals surface area contributed by atoms with Gasteiger partial charge in [-0.2, -0.15) is 4.31 Å². The second-order valence-electron chi connectivity index (χ2n) is 5.70. The van der Waals surface area contributed by atoms with E-state index in [1.165, 1.54) is 12.7 Å². The number of nitrogens with zero attached hydrogens (tertiary/aromatic N) is 2. The molecule has 0 aromatic carbocycles. The summed E-state index contributed by atoms with van der Waals surface area (Å²) in [6, 6.07) is 1.02. The topological polar surface area (TPSA) is 52.6 Å². The van der Waals surface area contributed by atoms with Gasteiger partial charge >= 0.3 is 0 Å². The summed E-state index contributed by atoms with van der Waals surface area (Å²) in [5.41, 5.74) is 0. The molecule has 0 spiro atoms. The van der Waals surface area contributed by atoms with E-state index in [2.05, 4.69) is 31.0 Å². The Bertz CT molecular complexity index is 349. The minimum Gasteiger partial charge on any atom is -0.313 e. The molecule has 1 fully saturated rings. The Kier molecular flexibility index (Phi) is 6.73. The van der Waals surface area contributed by atoms with Crippen LogP contribution >= 0.6 is 0 Å². The van der Waals surface area contributed by atoms with E-state index in [-0.39, 0.29) is 0 Å². The maximum atomic E-state index is 11.5. The average molecular weight is 291 g/mol. The molecule has 1 rings (SSSR count). The molecule has 114 valence electrons. The molecular weight excluding hydrogens is 262 g/mol. The molecule has 0 aromatic rings. The zero-order chi connectivity index (χ0) is 14.5. The molecule has 0 radical (unpaired) electrons. The van der Waals surface area contributed by atoms with Crippen LogP contribution in [0, 0.1) is 0 Å². The van der Waals surface area contributed by atoms with Crippen molar-refractivity contribution in [2.75, 3.05) is 39.0 Å². The van der Waals surface area contributed by atoms with Crippen LogP contribution in [0.4, 0.5) is 0 Å². The Morgan fingerprint density at radius 2 is 1.74 bits per heavy atom. The smallest absolute Gasteiger partial charge is 0.211 e. The first kappa shape index (κ1) is 16.9. The van der Waals surface area contributed by atoms with Gasteiger partial charge in [-0.05, 0) is 6.42 Å². The molecule has 5 nitrogen and oxygen atoms in total. The van der Waals surface area contributed by atoms with Gasteiger partial charge in [-0.1, -0.05) is 27.2 Å². The summed E-state index contributed by atoms with van der Waals surface area (Å²) < 4.78 is 24.6. The maximum absolute atomic E-state index is 11.5. The van der Waals surface area contributed by atoms with Crippen LogP contribution in [0.25, 0.3) is 0 Å². The third kappa shape index (κ3) is 5.77. The fraction of sp³-hybridized carbons (Fsp3) is 1.00. The van der Waals surface area contributed by atoms with Crippen LogP contribution in [0.1, 0.15) is 33.6 Å². The number of nitrogens with one attached hydrogen (secondary N) is 1. The number of piperazine rings is 1. The summed E-state index contributed by atoms with van der Waals surface area (Å²) in [6.45, 7) is 10.4. The Morgan fingerprint density at radius 3 is 2.16 bits per heavy atom. The van der Waals surface area contributed by atoms with Crippen molar-refractivity contribution < 1.29 is 8.42 Å². The Morgan fingerprint density at radius 1 is 1.16 bits per heavy atom. The van der Waals surface area contributed by atoms with E-state index < -0.39 is 10.0 Å². The van der Waals surface area contributed by atoms with Crippen molar-refractivity contribution >= 4 is 10.0 Å². The van der Waals surface area contributed by atoms with Gasteiger partial charge in [0.15, 0.2) is 0 Å². The molecule has 0 saturated carbocycles. The van der Waals surface area contributed by atoms with Crippen LogP contribution in [-0.4, -0.2) is 68.7 Å². The monoisotopic (exact) mass is 291 g/mol. The van der Waals surface area contributed by atoms with Gasteiger partial charge in [-0.25, -0.2) is 8.42 Å². The first-order valence-electron chi connectivity index (χ1n) is 7.27. The molecule has 19 heavy (non-hydrogen) atoms. The molecule has 1 heterocycles. The second-order valence-corrected chi connectivity index (χ2v) is 7.69. The van der Waals surface area contributed by atoms with Crippen molar-refractivity contribution in [3.63, 3.8) is 0 Å². The summed E-state index contributed by atoms with van der Waals surface area (Å²) in [4.78, 5) is 2.43. The fourth-order valence-corrected chi connectivity index (χ4v) is 3.35. The van der Waals surface area contributed by atoms with Gasteiger partial charge in [0.2, 0.25) is 10.0 Å². The lowest BCUT2D eigenvalue weighted by atomic mass is 10.1. The van der Waals surface area contributed by atoms with Gasteiger partial charge in [0.05, 0.1) is 6.26 Å². The minimum atomic E-state index is -3.02. The quantitative estimate of drug-likeness (QED) is 0.751. The van der Waals surface area contributed by atoms with Crippen molar-refractivity contribution in [3.8, 4) is 0 Å². The normalized spacial score (nSPS) is 20.9. The summed E-state index contributed by atoms with van der Waals surface area (Å²) in [6.07, 6.45) is 3.63.